The Morgan fingerprint density at radius 1 is 0.927 bits per heavy atom. The molecule has 2 heterocycles. The number of hydrogen-bond donors (Lipinski definition) is 4. The minimum absolute atomic E-state index is 0.00310. The van der Waals surface area contributed by atoms with E-state index in [0.29, 0.717) is 31.7 Å². The van der Waals surface area contributed by atoms with E-state index in [1.54, 1.807) is 24.9 Å². The fraction of sp³-hybridized carbons (Fsp3) is 0.500. The van der Waals surface area contributed by atoms with Gasteiger partial charge in [-0.2, -0.15) is 11.8 Å². The second-order valence-electron chi connectivity index (χ2n) is 10.7. The van der Waals surface area contributed by atoms with Crippen LogP contribution in [0.3, 0.4) is 0 Å². The van der Waals surface area contributed by atoms with Gasteiger partial charge in [0.25, 0.3) is 0 Å². The Morgan fingerprint density at radius 3 is 2.32 bits per heavy atom. The Kier molecular flexibility index (Phi) is 12.6. The van der Waals surface area contributed by atoms with Crippen molar-refractivity contribution in [1.29, 1.82) is 0 Å². The molecule has 1 fully saturated rings. The predicted octanol–water partition coefficient (Wildman–Crippen LogP) is 1.51. The number of pyridine rings is 1. The Morgan fingerprint density at radius 2 is 1.66 bits per heavy atom. The third kappa shape index (κ3) is 10.5. The first-order valence-corrected chi connectivity index (χ1v) is 15.4. The van der Waals surface area contributed by atoms with Gasteiger partial charge in [0.2, 0.25) is 23.6 Å². The van der Waals surface area contributed by atoms with Crippen LogP contribution >= 0.6 is 11.8 Å². The number of nitrogens with zero attached hydrogens (tertiary/aromatic N) is 2. The summed E-state index contributed by atoms with van der Waals surface area (Å²) < 4.78 is 0. The molecule has 222 valence electrons. The van der Waals surface area contributed by atoms with Crippen molar-refractivity contribution in [3.8, 4) is 0 Å². The third-order valence-corrected chi connectivity index (χ3v) is 7.53. The van der Waals surface area contributed by atoms with Gasteiger partial charge in [-0.1, -0.05) is 50.2 Å². The van der Waals surface area contributed by atoms with Gasteiger partial charge in [-0.3, -0.25) is 29.1 Å². The van der Waals surface area contributed by atoms with Crippen LogP contribution in [0, 0.1) is 5.92 Å². The van der Waals surface area contributed by atoms with Crippen LogP contribution in [-0.2, 0) is 32.1 Å². The number of nitrogens with one attached hydrogen (secondary N) is 4. The summed E-state index contributed by atoms with van der Waals surface area (Å²) in [5.74, 6) is -1.11. The van der Waals surface area contributed by atoms with Gasteiger partial charge in [-0.15, -0.1) is 0 Å². The summed E-state index contributed by atoms with van der Waals surface area (Å²) in [6.45, 7) is 6.05. The first-order chi connectivity index (χ1) is 19.7. The SMILES string of the molecule is CSCC[C@@H]1NC(=O)[C@H](C(C)C)NC(=O)CN(Cc2ccccn2)C[C@@H](Cc2ccccc2)NC(=O)[C@H](C)NC1=O. The second-order valence-corrected chi connectivity index (χ2v) is 11.7. The standard InChI is InChI=1S/C30H42N6O4S/c1-20(2)27-30(40)34-25(13-15-41-4)29(39)32-21(3)28(38)33-24(16-22-10-6-5-7-11-22)18-36(19-26(37)35-27)17-23-12-8-9-14-31-23/h5-12,14,20-21,24-25,27H,13,15-19H2,1-4H3,(H,32,39)(H,33,38)(H,34,40)(H,35,37)/t21-,24+,25-,27-/m0/s1. The number of carbonyl (C=O) groups excluding carboxylic acids is 4. The number of benzene rings is 1. The number of carbonyl (C=O) groups is 4. The molecule has 1 aliphatic heterocycles. The second kappa shape index (κ2) is 16.1. The van der Waals surface area contributed by atoms with E-state index in [-0.39, 0.29) is 30.3 Å². The molecular weight excluding hydrogens is 540 g/mol. The van der Waals surface area contributed by atoms with Gasteiger partial charge >= 0.3 is 0 Å². The molecule has 4 amide bonds. The van der Waals surface area contributed by atoms with Crippen molar-refractivity contribution in [3.63, 3.8) is 0 Å². The molecule has 2 aromatic rings. The number of amides is 4. The average Bonchev–Trinajstić information content (AvgIpc) is 2.94. The Labute approximate surface area is 246 Å². The largest absolute Gasteiger partial charge is 0.350 e. The molecule has 1 aromatic heterocycles. The molecule has 0 aliphatic carbocycles. The quantitative estimate of drug-likeness (QED) is 0.371. The highest BCUT2D eigenvalue weighted by molar-refractivity contribution is 7.98. The number of rotatable bonds is 8. The molecule has 1 saturated heterocycles. The molecule has 0 spiro atoms. The van der Waals surface area contributed by atoms with Crippen LogP contribution in [0.15, 0.2) is 54.7 Å². The lowest BCUT2D eigenvalue weighted by molar-refractivity contribution is -0.134. The molecule has 1 aromatic carbocycles. The highest BCUT2D eigenvalue weighted by Gasteiger charge is 2.31. The van der Waals surface area contributed by atoms with Gasteiger partial charge in [0.1, 0.15) is 18.1 Å². The monoisotopic (exact) mass is 582 g/mol. The van der Waals surface area contributed by atoms with Crippen molar-refractivity contribution in [3.05, 3.63) is 66.0 Å². The van der Waals surface area contributed by atoms with E-state index < -0.39 is 29.9 Å². The zero-order valence-corrected chi connectivity index (χ0v) is 25.1. The van der Waals surface area contributed by atoms with Crippen molar-refractivity contribution in [2.24, 2.45) is 5.92 Å². The molecule has 3 rings (SSSR count). The van der Waals surface area contributed by atoms with Crippen LogP contribution in [-0.4, -0.2) is 82.8 Å². The van der Waals surface area contributed by atoms with Crippen molar-refractivity contribution < 1.29 is 19.2 Å². The van der Waals surface area contributed by atoms with E-state index in [1.165, 1.54) is 0 Å². The fourth-order valence-corrected chi connectivity index (χ4v) is 5.18. The zero-order valence-electron chi connectivity index (χ0n) is 24.3. The first kappa shape index (κ1) is 32.1. The van der Waals surface area contributed by atoms with E-state index in [4.69, 9.17) is 0 Å². The van der Waals surface area contributed by atoms with Crippen LogP contribution in [0.1, 0.15) is 38.4 Å². The highest BCUT2D eigenvalue weighted by atomic mass is 32.2. The van der Waals surface area contributed by atoms with Gasteiger partial charge in [0.05, 0.1) is 12.2 Å². The zero-order chi connectivity index (χ0) is 29.8. The van der Waals surface area contributed by atoms with E-state index >= 15 is 0 Å². The fourth-order valence-electron chi connectivity index (χ4n) is 4.71. The molecule has 10 nitrogen and oxygen atoms in total. The van der Waals surface area contributed by atoms with E-state index in [1.807, 2.05) is 73.5 Å². The van der Waals surface area contributed by atoms with Crippen molar-refractivity contribution >= 4 is 35.4 Å². The van der Waals surface area contributed by atoms with Crippen LogP contribution < -0.4 is 21.3 Å². The van der Waals surface area contributed by atoms with E-state index in [9.17, 15) is 19.2 Å². The molecule has 1 aliphatic rings. The summed E-state index contributed by atoms with van der Waals surface area (Å²) in [6.07, 6.45) is 4.53. The minimum atomic E-state index is -0.839. The maximum Gasteiger partial charge on any atom is 0.243 e. The highest BCUT2D eigenvalue weighted by Crippen LogP contribution is 2.11. The number of aromatic nitrogens is 1. The van der Waals surface area contributed by atoms with Crippen LogP contribution in [0.5, 0.6) is 0 Å². The molecular formula is C30H42N6O4S. The van der Waals surface area contributed by atoms with Crippen molar-refractivity contribution in [2.75, 3.05) is 25.1 Å². The summed E-state index contributed by atoms with van der Waals surface area (Å²) in [5.41, 5.74) is 1.81. The minimum Gasteiger partial charge on any atom is -0.350 e. The maximum atomic E-state index is 13.4. The van der Waals surface area contributed by atoms with Gasteiger partial charge < -0.3 is 21.3 Å². The molecule has 4 atom stereocenters. The lowest BCUT2D eigenvalue weighted by Crippen LogP contribution is -2.57. The van der Waals surface area contributed by atoms with Crippen molar-refractivity contribution in [1.82, 2.24) is 31.2 Å². The Bertz CT molecular complexity index is 1150. The molecule has 0 bridgehead atoms. The van der Waals surface area contributed by atoms with E-state index in [0.717, 1.165) is 11.3 Å². The van der Waals surface area contributed by atoms with E-state index in [2.05, 4.69) is 26.3 Å². The molecule has 4 N–H and O–H groups in total. The Hall–Kier alpha value is -3.44. The lowest BCUT2D eigenvalue weighted by Gasteiger charge is -2.29. The molecule has 0 unspecified atom stereocenters. The molecule has 0 radical (unpaired) electrons. The number of thioether (sulfide) groups is 1. The van der Waals surface area contributed by atoms with Gasteiger partial charge in [-0.25, -0.2) is 0 Å². The summed E-state index contributed by atoms with van der Waals surface area (Å²) in [5, 5.41) is 11.6. The summed E-state index contributed by atoms with van der Waals surface area (Å²) in [7, 11) is 0. The first-order valence-electron chi connectivity index (χ1n) is 14.0. The van der Waals surface area contributed by atoms with Crippen LogP contribution in [0.4, 0.5) is 0 Å². The third-order valence-electron chi connectivity index (χ3n) is 6.89. The van der Waals surface area contributed by atoms with Crippen molar-refractivity contribution in [2.45, 2.75) is 64.3 Å². The smallest absolute Gasteiger partial charge is 0.243 e. The maximum absolute atomic E-state index is 13.4. The lowest BCUT2D eigenvalue weighted by atomic mass is 10.0. The van der Waals surface area contributed by atoms with Crippen LogP contribution in [0.25, 0.3) is 0 Å². The van der Waals surface area contributed by atoms with Crippen LogP contribution in [0.2, 0.25) is 0 Å². The molecule has 0 saturated carbocycles. The topological polar surface area (TPSA) is 133 Å². The normalized spacial score (nSPS) is 23.5. The van der Waals surface area contributed by atoms with Gasteiger partial charge in [0.15, 0.2) is 0 Å². The summed E-state index contributed by atoms with van der Waals surface area (Å²) >= 11 is 1.56. The summed E-state index contributed by atoms with van der Waals surface area (Å²) in [6, 6.07) is 12.5. The molecule has 41 heavy (non-hydrogen) atoms. The summed E-state index contributed by atoms with van der Waals surface area (Å²) in [4.78, 5) is 59.6. The number of hydrogen-bond acceptors (Lipinski definition) is 7. The predicted molar refractivity (Wildman–Crippen MR) is 161 cm³/mol. The van der Waals surface area contributed by atoms with Gasteiger partial charge in [0, 0.05) is 25.3 Å². The molecule has 11 heteroatoms. The average molecular weight is 583 g/mol. The van der Waals surface area contributed by atoms with Gasteiger partial charge in [-0.05, 0) is 55.4 Å². The Balaban J connectivity index is 1.95.